The van der Waals surface area contributed by atoms with Crippen LogP contribution >= 0.6 is 11.6 Å². The Hall–Kier alpha value is -3.76. The number of anilines is 2. The minimum Gasteiger partial charge on any atom is -0.365 e. The van der Waals surface area contributed by atoms with Gasteiger partial charge in [-0.2, -0.15) is 4.98 Å². The van der Waals surface area contributed by atoms with Crippen LogP contribution in [0.3, 0.4) is 0 Å². The molecule has 10 nitrogen and oxygen atoms in total. The Labute approximate surface area is 226 Å². The molecular weight excluding hydrogens is 504 g/mol. The highest BCUT2D eigenvalue weighted by Gasteiger charge is 2.23. The van der Waals surface area contributed by atoms with Crippen molar-refractivity contribution in [1.29, 1.82) is 0 Å². The second-order valence-electron chi connectivity index (χ2n) is 9.72. The fourth-order valence-corrected chi connectivity index (χ4v) is 4.82. The molecule has 4 heterocycles. The monoisotopic (exact) mass is 534 g/mol. The second-order valence-corrected chi connectivity index (χ2v) is 10.2. The lowest BCUT2D eigenvalue weighted by molar-refractivity contribution is -0.129. The average Bonchev–Trinajstić information content (AvgIpc) is 3.24. The molecule has 1 aliphatic heterocycles. The van der Waals surface area contributed by atoms with Crippen molar-refractivity contribution in [3.63, 3.8) is 0 Å². The first-order chi connectivity index (χ1) is 18.3. The Bertz CT molecular complexity index is 1440. The van der Waals surface area contributed by atoms with Gasteiger partial charge in [-0.05, 0) is 43.2 Å². The Morgan fingerprint density at radius 3 is 2.58 bits per heavy atom. The van der Waals surface area contributed by atoms with Crippen molar-refractivity contribution in [3.05, 3.63) is 58.7 Å². The molecule has 1 N–H and O–H groups in total. The molecule has 0 bridgehead atoms. The summed E-state index contributed by atoms with van der Waals surface area (Å²) in [7, 11) is 3.57. The molecule has 38 heavy (non-hydrogen) atoms. The number of aromatic nitrogens is 4. The molecule has 0 spiro atoms. The van der Waals surface area contributed by atoms with Crippen molar-refractivity contribution < 1.29 is 9.32 Å². The lowest BCUT2D eigenvalue weighted by Gasteiger charge is -2.35. The number of aryl methyl sites for hydroxylation is 2. The Kier molecular flexibility index (Phi) is 7.44. The summed E-state index contributed by atoms with van der Waals surface area (Å²) in [5.74, 6) is 2.26. The molecular formula is C27H31ClN8O2. The van der Waals surface area contributed by atoms with E-state index in [4.69, 9.17) is 26.1 Å². The van der Waals surface area contributed by atoms with E-state index in [0.29, 0.717) is 24.1 Å². The van der Waals surface area contributed by atoms with E-state index in [1.165, 1.54) is 0 Å². The number of fused-ring (bicyclic) bond motifs is 1. The number of nitrogens with zero attached hydrogens (tertiary/aromatic N) is 7. The number of likely N-dealkylation sites (N-methyl/N-ethyl adjacent to an activating group) is 1. The summed E-state index contributed by atoms with van der Waals surface area (Å²) in [6.45, 7) is 7.79. The molecule has 1 aliphatic rings. The largest absolute Gasteiger partial charge is 0.365 e. The van der Waals surface area contributed by atoms with Gasteiger partial charge >= 0.3 is 0 Å². The number of hydrogen-bond acceptors (Lipinski definition) is 9. The maximum atomic E-state index is 12.1. The van der Waals surface area contributed by atoms with Gasteiger partial charge in [0.1, 0.15) is 11.6 Å². The predicted molar refractivity (Wildman–Crippen MR) is 148 cm³/mol. The van der Waals surface area contributed by atoms with Crippen LogP contribution in [0.1, 0.15) is 17.0 Å². The predicted octanol–water partition coefficient (Wildman–Crippen LogP) is 3.77. The van der Waals surface area contributed by atoms with Crippen molar-refractivity contribution in [3.8, 4) is 11.1 Å². The zero-order chi connectivity index (χ0) is 26.8. The molecule has 0 aliphatic carbocycles. The minimum absolute atomic E-state index is 0.108. The van der Waals surface area contributed by atoms with Gasteiger partial charge < -0.3 is 19.6 Å². The van der Waals surface area contributed by atoms with Gasteiger partial charge in [-0.3, -0.25) is 14.7 Å². The van der Waals surface area contributed by atoms with Crippen molar-refractivity contribution in [1.82, 2.24) is 29.9 Å². The number of nitrogens with one attached hydrogen (secondary N) is 1. The number of carbonyl (C=O) groups is 1. The van der Waals surface area contributed by atoms with Crippen LogP contribution in [-0.4, -0.2) is 82.6 Å². The summed E-state index contributed by atoms with van der Waals surface area (Å²) in [5, 5.41) is 9.08. The molecule has 1 fully saturated rings. The molecule has 1 aromatic carbocycles. The van der Waals surface area contributed by atoms with E-state index in [0.717, 1.165) is 71.0 Å². The van der Waals surface area contributed by atoms with Crippen LogP contribution < -0.4 is 10.2 Å². The zero-order valence-corrected chi connectivity index (χ0v) is 22.8. The van der Waals surface area contributed by atoms with Crippen LogP contribution in [0.15, 0.2) is 41.2 Å². The average molecular weight is 535 g/mol. The van der Waals surface area contributed by atoms with Crippen molar-refractivity contribution in [2.75, 3.05) is 57.0 Å². The SMILES string of the molecule is Cc1noc(C)c1-c1ccc2nc(N3CCN(CC(=O)N(C)C)CC3)nc(NCc3cncc(Cl)c3)c2c1. The van der Waals surface area contributed by atoms with Crippen LogP contribution in [0.5, 0.6) is 0 Å². The normalized spacial score (nSPS) is 14.2. The van der Waals surface area contributed by atoms with Crippen molar-refractivity contribution in [2.24, 2.45) is 0 Å². The summed E-state index contributed by atoms with van der Waals surface area (Å²) >= 11 is 6.15. The molecule has 3 aromatic heterocycles. The molecule has 11 heteroatoms. The molecule has 1 amide bonds. The number of rotatable bonds is 7. The van der Waals surface area contributed by atoms with Gasteiger partial charge in [-0.25, -0.2) is 4.98 Å². The van der Waals surface area contributed by atoms with Gasteiger partial charge in [0.2, 0.25) is 11.9 Å². The van der Waals surface area contributed by atoms with Crippen LogP contribution in [0, 0.1) is 13.8 Å². The summed E-state index contributed by atoms with van der Waals surface area (Å²) < 4.78 is 5.40. The minimum atomic E-state index is 0.108. The van der Waals surface area contributed by atoms with Crippen LogP contribution in [0.4, 0.5) is 11.8 Å². The molecule has 4 aromatic rings. The quantitative estimate of drug-likeness (QED) is 0.379. The van der Waals surface area contributed by atoms with Crippen molar-refractivity contribution >= 4 is 40.2 Å². The van der Waals surface area contributed by atoms with Gasteiger partial charge in [0, 0.05) is 70.2 Å². The standard InChI is InChI=1S/C27H31ClN8O2/c1-17-25(18(2)38-33-17)20-5-6-23-22(12-20)26(30-14-19-11-21(28)15-29-13-19)32-27(31-23)36-9-7-35(8-10-36)16-24(37)34(3)4/h5-6,11-13,15H,7-10,14,16H2,1-4H3,(H,30,31,32). The third-order valence-electron chi connectivity index (χ3n) is 6.74. The van der Waals surface area contributed by atoms with E-state index in [1.807, 2.05) is 32.0 Å². The number of halogens is 1. The second kappa shape index (κ2) is 10.9. The zero-order valence-electron chi connectivity index (χ0n) is 22.0. The third kappa shape index (κ3) is 5.56. The van der Waals surface area contributed by atoms with Gasteiger partial charge in [0.05, 0.1) is 22.8 Å². The maximum Gasteiger partial charge on any atom is 0.236 e. The van der Waals surface area contributed by atoms with Gasteiger partial charge in [0.15, 0.2) is 0 Å². The molecule has 0 radical (unpaired) electrons. The maximum absolute atomic E-state index is 12.1. The number of benzene rings is 1. The number of carbonyl (C=O) groups excluding carboxylic acids is 1. The van der Waals surface area contributed by atoms with Gasteiger partial charge in [-0.15, -0.1) is 0 Å². The Balaban J connectivity index is 1.45. The van der Waals surface area contributed by atoms with E-state index >= 15 is 0 Å². The molecule has 198 valence electrons. The van der Waals surface area contributed by atoms with Crippen LogP contribution in [0.2, 0.25) is 5.02 Å². The van der Waals surface area contributed by atoms with Crippen LogP contribution in [0.25, 0.3) is 22.0 Å². The smallest absolute Gasteiger partial charge is 0.236 e. The van der Waals surface area contributed by atoms with E-state index < -0.39 is 0 Å². The van der Waals surface area contributed by atoms with Crippen LogP contribution in [-0.2, 0) is 11.3 Å². The van der Waals surface area contributed by atoms with Crippen molar-refractivity contribution in [2.45, 2.75) is 20.4 Å². The first-order valence-corrected chi connectivity index (χ1v) is 12.9. The molecule has 1 saturated heterocycles. The van der Waals surface area contributed by atoms with E-state index in [1.54, 1.807) is 31.4 Å². The molecule has 0 unspecified atom stereocenters. The fourth-order valence-electron chi connectivity index (χ4n) is 4.62. The highest BCUT2D eigenvalue weighted by atomic mass is 35.5. The number of hydrogen-bond donors (Lipinski definition) is 1. The third-order valence-corrected chi connectivity index (χ3v) is 6.95. The summed E-state index contributed by atoms with van der Waals surface area (Å²) in [5.41, 5.74) is 4.60. The van der Waals surface area contributed by atoms with E-state index in [-0.39, 0.29) is 5.91 Å². The number of pyridine rings is 1. The Morgan fingerprint density at radius 2 is 1.89 bits per heavy atom. The van der Waals surface area contributed by atoms with E-state index in [9.17, 15) is 4.79 Å². The first kappa shape index (κ1) is 25.9. The summed E-state index contributed by atoms with van der Waals surface area (Å²) in [6, 6.07) is 8.02. The topological polar surface area (TPSA) is 104 Å². The molecule has 0 saturated carbocycles. The lowest BCUT2D eigenvalue weighted by atomic mass is 10.0. The van der Waals surface area contributed by atoms with E-state index in [2.05, 4.69) is 31.3 Å². The fraction of sp³-hybridized carbons (Fsp3) is 0.370. The molecule has 5 rings (SSSR count). The Morgan fingerprint density at radius 1 is 1.11 bits per heavy atom. The van der Waals surface area contributed by atoms with Gasteiger partial charge in [0.25, 0.3) is 0 Å². The van der Waals surface area contributed by atoms with Gasteiger partial charge in [-0.1, -0.05) is 22.8 Å². The first-order valence-electron chi connectivity index (χ1n) is 12.5. The summed E-state index contributed by atoms with van der Waals surface area (Å²) in [4.78, 5) is 32.2. The number of amides is 1. The highest BCUT2D eigenvalue weighted by molar-refractivity contribution is 6.30. The molecule has 0 atom stereocenters. The lowest BCUT2D eigenvalue weighted by Crippen LogP contribution is -2.49. The summed E-state index contributed by atoms with van der Waals surface area (Å²) in [6.07, 6.45) is 3.40. The number of piperazine rings is 1. The highest BCUT2D eigenvalue weighted by Crippen LogP contribution is 2.32.